The predicted molar refractivity (Wildman–Crippen MR) is 76.7 cm³/mol. The molecule has 1 aliphatic carbocycles. The number of sulfonamides is 1. The molecule has 0 bridgehead atoms. The van der Waals surface area contributed by atoms with Crippen LogP contribution in [0.4, 0.5) is 14.7 Å². The lowest BCUT2D eigenvalue weighted by Crippen LogP contribution is -2.16. The van der Waals surface area contributed by atoms with Crippen molar-refractivity contribution in [1.29, 1.82) is 0 Å². The van der Waals surface area contributed by atoms with Crippen molar-refractivity contribution in [1.82, 2.24) is 15.2 Å². The maximum Gasteiger partial charge on any atom is 0.267 e. The van der Waals surface area contributed by atoms with Gasteiger partial charge in [-0.3, -0.25) is 5.10 Å². The summed E-state index contributed by atoms with van der Waals surface area (Å²) in [5.74, 6) is -1.90. The molecular formula is C13H14F2N4O3S. The average Bonchev–Trinajstić information content (AvgIpc) is 2.86. The van der Waals surface area contributed by atoms with Gasteiger partial charge in [-0.2, -0.15) is 4.98 Å². The Kier molecular flexibility index (Phi) is 3.92. The second kappa shape index (κ2) is 5.76. The molecule has 0 unspecified atom stereocenters. The van der Waals surface area contributed by atoms with E-state index in [9.17, 15) is 17.2 Å². The van der Waals surface area contributed by atoms with Crippen molar-refractivity contribution < 1.29 is 21.9 Å². The Labute approximate surface area is 131 Å². The SMILES string of the molecule is COc1cc(F)c(S(=O)(=O)Nc2n[nH]c(C3CCC3)n2)cc1F. The van der Waals surface area contributed by atoms with Crippen LogP contribution in [0.5, 0.6) is 5.75 Å². The van der Waals surface area contributed by atoms with Gasteiger partial charge in [0.05, 0.1) is 7.11 Å². The molecule has 124 valence electrons. The topological polar surface area (TPSA) is 97.0 Å². The van der Waals surface area contributed by atoms with Crippen LogP contribution in [0.2, 0.25) is 0 Å². The van der Waals surface area contributed by atoms with Crippen LogP contribution in [-0.4, -0.2) is 30.7 Å². The van der Waals surface area contributed by atoms with E-state index in [0.717, 1.165) is 26.4 Å². The first-order valence-electron chi connectivity index (χ1n) is 6.89. The fourth-order valence-corrected chi connectivity index (χ4v) is 3.25. The molecule has 0 atom stereocenters. The summed E-state index contributed by atoms with van der Waals surface area (Å²) >= 11 is 0. The highest BCUT2D eigenvalue weighted by atomic mass is 32.2. The predicted octanol–water partition coefficient (Wildman–Crippen LogP) is 2.16. The molecular weight excluding hydrogens is 330 g/mol. The summed E-state index contributed by atoms with van der Waals surface area (Å²) in [5, 5.41) is 6.40. The van der Waals surface area contributed by atoms with E-state index >= 15 is 0 Å². The largest absolute Gasteiger partial charge is 0.494 e. The van der Waals surface area contributed by atoms with Gasteiger partial charge in [0.15, 0.2) is 11.6 Å². The van der Waals surface area contributed by atoms with Gasteiger partial charge in [-0.05, 0) is 12.8 Å². The summed E-state index contributed by atoms with van der Waals surface area (Å²) in [6.45, 7) is 0. The van der Waals surface area contributed by atoms with Crippen molar-refractivity contribution in [3.8, 4) is 5.75 Å². The molecule has 0 radical (unpaired) electrons. The summed E-state index contributed by atoms with van der Waals surface area (Å²) < 4.78 is 58.5. The van der Waals surface area contributed by atoms with Crippen LogP contribution in [0.1, 0.15) is 31.0 Å². The van der Waals surface area contributed by atoms with Crippen LogP contribution in [0.3, 0.4) is 0 Å². The van der Waals surface area contributed by atoms with Crippen LogP contribution >= 0.6 is 0 Å². The van der Waals surface area contributed by atoms with Gasteiger partial charge < -0.3 is 4.74 Å². The summed E-state index contributed by atoms with van der Waals surface area (Å²) in [5.41, 5.74) is 0. The average molecular weight is 344 g/mol. The first-order valence-corrected chi connectivity index (χ1v) is 8.37. The maximum atomic E-state index is 13.9. The number of aromatic nitrogens is 3. The highest BCUT2D eigenvalue weighted by Crippen LogP contribution is 2.34. The van der Waals surface area contributed by atoms with Crippen LogP contribution in [0, 0.1) is 11.6 Å². The number of ether oxygens (including phenoxy) is 1. The second-order valence-electron chi connectivity index (χ2n) is 5.19. The Hall–Kier alpha value is -2.23. The third kappa shape index (κ3) is 2.98. The Morgan fingerprint density at radius 3 is 2.65 bits per heavy atom. The molecule has 10 heteroatoms. The number of hydrogen-bond acceptors (Lipinski definition) is 5. The molecule has 2 aromatic rings. The zero-order valence-corrected chi connectivity index (χ0v) is 13.0. The molecule has 0 saturated heterocycles. The summed E-state index contributed by atoms with van der Waals surface area (Å²) in [7, 11) is -3.21. The maximum absolute atomic E-state index is 13.9. The van der Waals surface area contributed by atoms with Crippen molar-refractivity contribution in [2.75, 3.05) is 11.8 Å². The van der Waals surface area contributed by atoms with Crippen molar-refractivity contribution in [2.45, 2.75) is 30.1 Å². The van der Waals surface area contributed by atoms with Gasteiger partial charge in [-0.15, -0.1) is 5.10 Å². The van der Waals surface area contributed by atoms with E-state index in [1.165, 1.54) is 0 Å². The Morgan fingerprint density at radius 1 is 1.30 bits per heavy atom. The number of rotatable bonds is 5. The number of nitrogens with zero attached hydrogens (tertiary/aromatic N) is 2. The normalized spacial score (nSPS) is 15.3. The first kappa shape index (κ1) is 15.7. The smallest absolute Gasteiger partial charge is 0.267 e. The van der Waals surface area contributed by atoms with Crippen molar-refractivity contribution in [3.05, 3.63) is 29.6 Å². The molecule has 1 saturated carbocycles. The van der Waals surface area contributed by atoms with Gasteiger partial charge in [0.2, 0.25) is 0 Å². The van der Waals surface area contributed by atoms with Gasteiger partial charge in [0, 0.05) is 18.1 Å². The van der Waals surface area contributed by atoms with E-state index in [0.29, 0.717) is 18.0 Å². The molecule has 1 fully saturated rings. The molecule has 1 aliphatic rings. The van der Waals surface area contributed by atoms with Crippen LogP contribution in [0.15, 0.2) is 17.0 Å². The summed E-state index contributed by atoms with van der Waals surface area (Å²) in [6.07, 6.45) is 3.00. The van der Waals surface area contributed by atoms with Crippen LogP contribution in [-0.2, 0) is 10.0 Å². The molecule has 1 heterocycles. The quantitative estimate of drug-likeness (QED) is 0.866. The van der Waals surface area contributed by atoms with Gasteiger partial charge in [-0.25, -0.2) is 21.9 Å². The fraction of sp³-hybridized carbons (Fsp3) is 0.385. The molecule has 23 heavy (non-hydrogen) atoms. The number of anilines is 1. The van der Waals surface area contributed by atoms with Crippen LogP contribution in [0.25, 0.3) is 0 Å². The summed E-state index contributed by atoms with van der Waals surface area (Å²) in [6, 6.07) is 1.22. The van der Waals surface area contributed by atoms with Crippen molar-refractivity contribution in [2.24, 2.45) is 0 Å². The Bertz CT molecular complexity index is 834. The third-order valence-corrected chi connectivity index (χ3v) is 5.06. The minimum atomic E-state index is -4.36. The number of halogens is 2. The number of H-pyrrole nitrogens is 1. The standard InChI is InChI=1S/C13H14F2N4O3S/c1-22-10-5-9(15)11(6-8(10)14)23(20,21)19-13-16-12(17-18-13)7-3-2-4-7/h5-7H,2-4H2,1H3,(H2,16,17,18,19). The van der Waals surface area contributed by atoms with Gasteiger partial charge in [-0.1, -0.05) is 6.42 Å². The van der Waals surface area contributed by atoms with Gasteiger partial charge >= 0.3 is 0 Å². The van der Waals surface area contributed by atoms with E-state index in [4.69, 9.17) is 0 Å². The highest BCUT2D eigenvalue weighted by molar-refractivity contribution is 7.92. The molecule has 7 nitrogen and oxygen atoms in total. The van der Waals surface area contributed by atoms with Crippen molar-refractivity contribution in [3.63, 3.8) is 0 Å². The Balaban J connectivity index is 1.86. The fourth-order valence-electron chi connectivity index (χ4n) is 2.23. The van der Waals surface area contributed by atoms with E-state index in [-0.39, 0.29) is 17.6 Å². The number of methoxy groups -OCH3 is 1. The monoisotopic (exact) mass is 344 g/mol. The zero-order valence-electron chi connectivity index (χ0n) is 12.1. The van der Waals surface area contributed by atoms with E-state index in [1.807, 2.05) is 4.72 Å². The molecule has 1 aromatic carbocycles. The van der Waals surface area contributed by atoms with Gasteiger partial charge in [0.25, 0.3) is 16.0 Å². The van der Waals surface area contributed by atoms with Gasteiger partial charge in [0.1, 0.15) is 16.5 Å². The second-order valence-corrected chi connectivity index (χ2v) is 6.85. The minimum Gasteiger partial charge on any atom is -0.494 e. The lowest BCUT2D eigenvalue weighted by atomic mass is 9.85. The number of benzene rings is 1. The highest BCUT2D eigenvalue weighted by Gasteiger charge is 2.26. The third-order valence-electron chi connectivity index (χ3n) is 3.72. The van der Waals surface area contributed by atoms with Crippen LogP contribution < -0.4 is 9.46 Å². The lowest BCUT2D eigenvalue weighted by molar-refractivity contribution is 0.380. The number of nitrogens with one attached hydrogen (secondary N) is 2. The molecule has 2 N–H and O–H groups in total. The molecule has 1 aromatic heterocycles. The number of hydrogen-bond donors (Lipinski definition) is 2. The molecule has 0 amide bonds. The zero-order chi connectivity index (χ0) is 16.6. The number of aromatic amines is 1. The summed E-state index contributed by atoms with van der Waals surface area (Å²) in [4.78, 5) is 3.19. The van der Waals surface area contributed by atoms with E-state index < -0.39 is 26.6 Å². The Morgan fingerprint density at radius 2 is 2.04 bits per heavy atom. The molecule has 0 aliphatic heterocycles. The lowest BCUT2D eigenvalue weighted by Gasteiger charge is -2.22. The van der Waals surface area contributed by atoms with Crippen molar-refractivity contribution >= 4 is 16.0 Å². The van der Waals surface area contributed by atoms with E-state index in [1.54, 1.807) is 0 Å². The first-order chi connectivity index (χ1) is 10.9. The van der Waals surface area contributed by atoms with E-state index in [2.05, 4.69) is 19.9 Å². The minimum absolute atomic E-state index is 0.206. The molecule has 3 rings (SSSR count). The molecule has 0 spiro atoms.